The lowest BCUT2D eigenvalue weighted by Crippen LogP contribution is -2.09. The molecule has 0 aliphatic carbocycles. The molecule has 2 aromatic heterocycles. The number of aromatic nitrogens is 3. The van der Waals surface area contributed by atoms with Crippen molar-refractivity contribution in [3.05, 3.63) is 252 Å². The zero-order valence-electron chi connectivity index (χ0n) is 37.5. The second-order valence-electron chi connectivity index (χ2n) is 16.9. The summed E-state index contributed by atoms with van der Waals surface area (Å²) in [6.07, 6.45) is 0. The molecule has 0 N–H and O–H groups in total. The molecule has 0 saturated carbocycles. The molecule has 0 atom stereocenters. The predicted octanol–water partition coefficient (Wildman–Crippen LogP) is 17.1. The van der Waals surface area contributed by atoms with Gasteiger partial charge in [0.15, 0.2) is 11.4 Å². The van der Waals surface area contributed by atoms with Gasteiger partial charge >= 0.3 is 0 Å². The first-order valence-corrected chi connectivity index (χ1v) is 22.5. The van der Waals surface area contributed by atoms with Gasteiger partial charge in [0.2, 0.25) is 0 Å². The van der Waals surface area contributed by atoms with Crippen LogP contribution in [0.1, 0.15) is 11.1 Å². The van der Waals surface area contributed by atoms with E-state index in [0.717, 1.165) is 44.9 Å². The Morgan fingerprint density at radius 3 is 1.50 bits per heavy atom. The van der Waals surface area contributed by atoms with Crippen LogP contribution < -0.4 is 4.90 Å². The molecule has 0 saturated heterocycles. The molecule has 11 rings (SSSR count). The molecule has 320 valence electrons. The predicted molar refractivity (Wildman–Crippen MR) is 280 cm³/mol. The minimum Gasteiger partial charge on any atom is -0.310 e. The lowest BCUT2D eigenvalue weighted by atomic mass is 9.96. The molecule has 0 amide bonds. The number of nitrogens with zero attached hydrogens (tertiary/aromatic N) is 6. The Kier molecular flexibility index (Phi) is 10.7. The van der Waals surface area contributed by atoms with Gasteiger partial charge in [0.1, 0.15) is 5.82 Å². The number of hydrogen-bond donors (Lipinski definition) is 0. The van der Waals surface area contributed by atoms with Crippen LogP contribution in [0.3, 0.4) is 0 Å². The van der Waals surface area contributed by atoms with Crippen LogP contribution in [-0.4, -0.2) is 14.5 Å². The third-order valence-electron chi connectivity index (χ3n) is 12.7. The van der Waals surface area contributed by atoms with Crippen molar-refractivity contribution >= 4 is 50.2 Å². The first-order chi connectivity index (χ1) is 33.4. The molecular formula is C62H42N6. The van der Waals surface area contributed by atoms with Crippen molar-refractivity contribution in [2.75, 3.05) is 4.90 Å². The largest absolute Gasteiger partial charge is 0.310 e. The van der Waals surface area contributed by atoms with E-state index < -0.39 is 0 Å². The summed E-state index contributed by atoms with van der Waals surface area (Å²) >= 11 is 0. The second-order valence-corrected chi connectivity index (χ2v) is 16.9. The quantitative estimate of drug-likeness (QED) is 0.136. The van der Waals surface area contributed by atoms with Crippen LogP contribution in [0.2, 0.25) is 0 Å². The Morgan fingerprint density at radius 1 is 0.397 bits per heavy atom. The Bertz CT molecular complexity index is 3630. The minimum absolute atomic E-state index is 0.445. The van der Waals surface area contributed by atoms with Crippen LogP contribution in [0.15, 0.2) is 218 Å². The topological polar surface area (TPSA) is 42.7 Å². The molecule has 0 aliphatic rings. The molecule has 0 spiro atoms. The average molecular weight is 871 g/mol. The summed E-state index contributed by atoms with van der Waals surface area (Å²) in [4.78, 5) is 19.7. The second kappa shape index (κ2) is 17.6. The maximum atomic E-state index is 7.80. The molecule has 0 bridgehead atoms. The third-order valence-corrected chi connectivity index (χ3v) is 12.7. The van der Waals surface area contributed by atoms with E-state index in [-0.39, 0.29) is 0 Å². The zero-order valence-corrected chi connectivity index (χ0v) is 37.5. The Balaban J connectivity index is 0.908. The van der Waals surface area contributed by atoms with Gasteiger partial charge in [-0.2, -0.15) is 0 Å². The van der Waals surface area contributed by atoms with Gasteiger partial charge in [-0.3, -0.25) is 0 Å². The van der Waals surface area contributed by atoms with E-state index in [2.05, 4.69) is 197 Å². The molecule has 2 heterocycles. The van der Waals surface area contributed by atoms with Crippen LogP contribution in [0.4, 0.5) is 28.4 Å². The number of anilines is 3. The van der Waals surface area contributed by atoms with E-state index in [9.17, 15) is 0 Å². The summed E-state index contributed by atoms with van der Waals surface area (Å²) < 4.78 is 2.44. The number of benzene rings is 9. The van der Waals surface area contributed by atoms with Crippen LogP contribution >= 0.6 is 0 Å². The van der Waals surface area contributed by atoms with Crippen LogP contribution in [-0.2, 0) is 0 Å². The minimum atomic E-state index is 0.445. The van der Waals surface area contributed by atoms with Gasteiger partial charge in [0.05, 0.1) is 41.3 Å². The Morgan fingerprint density at radius 2 is 0.882 bits per heavy atom. The standard InChI is InChI=1S/C62H42N6/c1-41-37-47(38-42(2)61(41)68-59-26-16-13-21-51(59)54-39-50(35-36-60(54)68)67(48-17-7-5-8-18-48)49-19-9-6-10-20-49)45-29-27-43(28-30-45)44-31-33-46(34-32-44)57-40-58(52-22-11-14-24-55(52)63-3)66-62(65-57)53-23-12-15-25-56(53)64-4/h5-40H,1-2H3. The first-order valence-electron chi connectivity index (χ1n) is 22.5. The molecule has 0 radical (unpaired) electrons. The summed E-state index contributed by atoms with van der Waals surface area (Å²) in [5.41, 5.74) is 18.4. The molecule has 9 aromatic carbocycles. The Labute approximate surface area is 396 Å². The van der Waals surface area contributed by atoms with E-state index in [0.29, 0.717) is 34.2 Å². The highest BCUT2D eigenvalue weighted by Gasteiger charge is 2.20. The van der Waals surface area contributed by atoms with Crippen LogP contribution in [0, 0.1) is 27.0 Å². The van der Waals surface area contributed by atoms with E-state index in [1.54, 1.807) is 12.1 Å². The van der Waals surface area contributed by atoms with E-state index in [1.807, 2.05) is 42.5 Å². The highest BCUT2D eigenvalue weighted by Crippen LogP contribution is 2.42. The molecule has 0 fully saturated rings. The average Bonchev–Trinajstić information content (AvgIpc) is 3.72. The van der Waals surface area contributed by atoms with E-state index >= 15 is 0 Å². The number of aryl methyl sites for hydroxylation is 2. The van der Waals surface area contributed by atoms with Crippen molar-refractivity contribution < 1.29 is 0 Å². The highest BCUT2D eigenvalue weighted by molar-refractivity contribution is 6.11. The fraction of sp³-hybridized carbons (Fsp3) is 0.0323. The fourth-order valence-corrected chi connectivity index (χ4v) is 9.51. The number of para-hydroxylation sites is 5. The molecule has 6 heteroatoms. The van der Waals surface area contributed by atoms with Gasteiger partial charge in [-0.15, -0.1) is 0 Å². The van der Waals surface area contributed by atoms with Crippen molar-refractivity contribution in [3.63, 3.8) is 0 Å². The number of hydrogen-bond acceptors (Lipinski definition) is 3. The maximum absolute atomic E-state index is 7.80. The zero-order chi connectivity index (χ0) is 46.1. The highest BCUT2D eigenvalue weighted by atomic mass is 15.1. The number of rotatable bonds is 9. The summed E-state index contributed by atoms with van der Waals surface area (Å²) in [6, 6.07) is 75.3. The molecule has 68 heavy (non-hydrogen) atoms. The van der Waals surface area contributed by atoms with Crippen molar-refractivity contribution in [2.45, 2.75) is 13.8 Å². The maximum Gasteiger partial charge on any atom is 0.198 e. The smallest absolute Gasteiger partial charge is 0.198 e. The molecule has 6 nitrogen and oxygen atoms in total. The molecule has 0 unspecified atom stereocenters. The van der Waals surface area contributed by atoms with Crippen LogP contribution in [0.25, 0.3) is 93.3 Å². The van der Waals surface area contributed by atoms with E-state index in [4.69, 9.17) is 23.1 Å². The van der Waals surface area contributed by atoms with Crippen molar-refractivity contribution in [1.29, 1.82) is 0 Å². The summed E-state index contributed by atoms with van der Waals surface area (Å²) in [7, 11) is 0. The summed E-state index contributed by atoms with van der Waals surface area (Å²) in [5, 5.41) is 2.42. The van der Waals surface area contributed by atoms with Gasteiger partial charge in [0.25, 0.3) is 0 Å². The summed E-state index contributed by atoms with van der Waals surface area (Å²) in [5.74, 6) is 0.445. The van der Waals surface area contributed by atoms with Crippen molar-refractivity contribution in [1.82, 2.24) is 14.5 Å². The van der Waals surface area contributed by atoms with Crippen molar-refractivity contribution in [2.24, 2.45) is 0 Å². The van der Waals surface area contributed by atoms with Gasteiger partial charge in [-0.05, 0) is 114 Å². The third kappa shape index (κ3) is 7.53. The lowest BCUT2D eigenvalue weighted by Gasteiger charge is -2.25. The van der Waals surface area contributed by atoms with Gasteiger partial charge in [-0.1, -0.05) is 152 Å². The number of fused-ring (bicyclic) bond motifs is 3. The summed E-state index contributed by atoms with van der Waals surface area (Å²) in [6.45, 7) is 20.0. The SMILES string of the molecule is [C-]#[N+]c1ccccc1-c1cc(-c2ccc(-c3ccc(-c4cc(C)c(-n5c6ccccc6c6cc(N(c7ccccc7)c7ccccc7)ccc65)c(C)c4)cc3)cc2)nc(-c2ccccc2[N+]#[C-])n1. The Hall–Kier alpha value is -9.36. The molecule has 11 aromatic rings. The van der Waals surface area contributed by atoms with Crippen LogP contribution in [0.5, 0.6) is 0 Å². The van der Waals surface area contributed by atoms with Gasteiger partial charge in [0, 0.05) is 44.5 Å². The van der Waals surface area contributed by atoms with Gasteiger partial charge < -0.3 is 9.47 Å². The monoisotopic (exact) mass is 870 g/mol. The molecule has 0 aliphatic heterocycles. The first kappa shape index (κ1) is 41.4. The van der Waals surface area contributed by atoms with Crippen molar-refractivity contribution in [3.8, 4) is 61.8 Å². The van der Waals surface area contributed by atoms with Gasteiger partial charge in [-0.25, -0.2) is 19.7 Å². The fourth-order valence-electron chi connectivity index (χ4n) is 9.51. The normalized spacial score (nSPS) is 11.1. The molecular weight excluding hydrogens is 829 g/mol. The van der Waals surface area contributed by atoms with E-state index in [1.165, 1.54) is 44.2 Å². The lowest BCUT2D eigenvalue weighted by molar-refractivity contribution is 1.12.